The molecule has 0 bridgehead atoms. The van der Waals surface area contributed by atoms with Crippen molar-refractivity contribution in [1.29, 1.82) is 0 Å². The first kappa shape index (κ1) is 24.6. The van der Waals surface area contributed by atoms with E-state index < -0.39 is 5.97 Å². The van der Waals surface area contributed by atoms with Crippen LogP contribution in [0.5, 0.6) is 0 Å². The standard InChI is InChI=1S/C2H4O2.C2H3.CH3.Ag/c1-2(3)4;1-2;;/h1H3,(H,3,4);1H,2H2;1H3;/q;2*-1;. The Labute approximate surface area is 66.1 Å². The molecule has 0 aromatic heterocycles. The molecule has 0 atom stereocenters. The van der Waals surface area contributed by atoms with E-state index in [0.717, 1.165) is 6.92 Å². The monoisotopic (exact) mass is 209 g/mol. The topological polar surface area (TPSA) is 37.3 Å². The molecule has 0 aromatic carbocycles. The van der Waals surface area contributed by atoms with Crippen molar-refractivity contribution in [2.45, 2.75) is 6.92 Å². The molecule has 1 radical (unpaired) electrons. The van der Waals surface area contributed by atoms with Crippen molar-refractivity contribution in [1.82, 2.24) is 0 Å². The molecule has 8 heavy (non-hydrogen) atoms. The van der Waals surface area contributed by atoms with Gasteiger partial charge in [0, 0.05) is 29.3 Å². The van der Waals surface area contributed by atoms with Gasteiger partial charge in [0.05, 0.1) is 0 Å². The van der Waals surface area contributed by atoms with Gasteiger partial charge >= 0.3 is 0 Å². The molecule has 0 aromatic rings. The summed E-state index contributed by atoms with van der Waals surface area (Å²) in [5.74, 6) is -0.833. The maximum atomic E-state index is 9.00. The van der Waals surface area contributed by atoms with Crippen LogP contribution in [0.2, 0.25) is 0 Å². The van der Waals surface area contributed by atoms with Crippen molar-refractivity contribution >= 4 is 5.97 Å². The van der Waals surface area contributed by atoms with E-state index in [4.69, 9.17) is 9.90 Å². The van der Waals surface area contributed by atoms with E-state index in [1.54, 1.807) is 0 Å². The van der Waals surface area contributed by atoms with E-state index in [0.29, 0.717) is 0 Å². The first-order valence-electron chi connectivity index (χ1n) is 1.34. The minimum Gasteiger partial charge on any atom is -0.521 e. The largest absolute Gasteiger partial charge is 0.521 e. The predicted octanol–water partition coefficient (Wildman–Crippen LogP) is 1.14. The van der Waals surface area contributed by atoms with Crippen LogP contribution in [0.3, 0.4) is 0 Å². The Kier molecular flexibility index (Phi) is 87.0. The normalized spacial score (nSPS) is 3.62. The Balaban J connectivity index is -0.0000000183. The number of carboxylic acids is 1. The zero-order valence-electron chi connectivity index (χ0n) is 4.94. The summed E-state index contributed by atoms with van der Waals surface area (Å²) in [6.45, 7) is 8.08. The number of hydrogen-bond donors (Lipinski definition) is 1. The molecule has 0 spiro atoms. The number of rotatable bonds is 0. The summed E-state index contributed by atoms with van der Waals surface area (Å²) in [5.41, 5.74) is 0. The van der Waals surface area contributed by atoms with Gasteiger partial charge in [0.1, 0.15) is 0 Å². The van der Waals surface area contributed by atoms with Gasteiger partial charge in [0.15, 0.2) is 0 Å². The SMILES string of the molecule is CC(=O)O.[Ag].[CH-]=C.[CH3-]. The molecular weight excluding hydrogens is 200 g/mol. The third kappa shape index (κ3) is 58900. The third-order valence-corrected chi connectivity index (χ3v) is 0. The van der Waals surface area contributed by atoms with Crippen LogP contribution >= 0.6 is 0 Å². The zero-order valence-corrected chi connectivity index (χ0v) is 6.42. The zero-order chi connectivity index (χ0) is 5.58. The van der Waals surface area contributed by atoms with E-state index >= 15 is 0 Å². The summed E-state index contributed by atoms with van der Waals surface area (Å²) in [5, 5.41) is 7.42. The number of hydrogen-bond acceptors (Lipinski definition) is 1. The van der Waals surface area contributed by atoms with Gasteiger partial charge in [0.2, 0.25) is 0 Å². The van der Waals surface area contributed by atoms with Crippen LogP contribution in [-0.2, 0) is 27.2 Å². The molecule has 1 N–H and O–H groups in total. The van der Waals surface area contributed by atoms with Gasteiger partial charge in [-0.05, 0) is 0 Å². The first-order valence-corrected chi connectivity index (χ1v) is 1.34. The van der Waals surface area contributed by atoms with Gasteiger partial charge in [-0.2, -0.15) is 0 Å². The number of carboxylic acid groups (broad SMARTS) is 1. The molecule has 0 fully saturated rings. The second kappa shape index (κ2) is 28.3. The molecule has 0 amide bonds. The van der Waals surface area contributed by atoms with E-state index in [1.807, 2.05) is 0 Å². The van der Waals surface area contributed by atoms with Crippen LogP contribution in [0.4, 0.5) is 0 Å². The van der Waals surface area contributed by atoms with Crippen molar-refractivity contribution in [2.24, 2.45) is 0 Å². The summed E-state index contributed by atoms with van der Waals surface area (Å²) in [4.78, 5) is 9.00. The van der Waals surface area contributed by atoms with E-state index in [9.17, 15) is 0 Å². The van der Waals surface area contributed by atoms with E-state index in [1.165, 1.54) is 0 Å². The quantitative estimate of drug-likeness (QED) is 0.480. The fraction of sp³-hybridized carbons (Fsp3) is 0.200. The smallest absolute Gasteiger partial charge is 0.300 e. The van der Waals surface area contributed by atoms with Crippen LogP contribution in [0.1, 0.15) is 6.92 Å². The average molecular weight is 210 g/mol. The molecule has 0 heterocycles. The molecule has 2 nitrogen and oxygen atoms in total. The third-order valence-electron chi connectivity index (χ3n) is 0. The second-order valence-corrected chi connectivity index (χ2v) is 0.519. The van der Waals surface area contributed by atoms with Crippen LogP contribution in [-0.4, -0.2) is 11.1 Å². The van der Waals surface area contributed by atoms with Crippen LogP contribution in [0, 0.1) is 14.0 Å². The molecule has 0 aliphatic carbocycles. The van der Waals surface area contributed by atoms with Crippen molar-refractivity contribution < 1.29 is 32.3 Å². The molecule has 3 heteroatoms. The second-order valence-electron chi connectivity index (χ2n) is 0.519. The number of aliphatic carboxylic acids is 1. The Morgan fingerprint density at radius 2 is 1.62 bits per heavy atom. The average Bonchev–Trinajstić information content (AvgIpc) is 1.41. The van der Waals surface area contributed by atoms with Crippen LogP contribution in [0.15, 0.2) is 6.58 Å². The molecular formula is C5H10AgO2-2. The molecule has 0 saturated carbocycles. The fourth-order valence-corrected chi connectivity index (χ4v) is 0. The summed E-state index contributed by atoms with van der Waals surface area (Å²) >= 11 is 0. The molecule has 0 saturated heterocycles. The summed E-state index contributed by atoms with van der Waals surface area (Å²) in [7, 11) is 0. The minimum absolute atomic E-state index is 0. The molecule has 0 unspecified atom stereocenters. The van der Waals surface area contributed by atoms with E-state index in [2.05, 4.69) is 13.2 Å². The minimum atomic E-state index is -0.833. The van der Waals surface area contributed by atoms with Crippen molar-refractivity contribution in [3.8, 4) is 0 Å². The van der Waals surface area contributed by atoms with Crippen LogP contribution < -0.4 is 0 Å². The summed E-state index contributed by atoms with van der Waals surface area (Å²) in [6.07, 6.45) is 0. The molecule has 0 rings (SSSR count). The maximum absolute atomic E-state index is 9.00. The van der Waals surface area contributed by atoms with Gasteiger partial charge in [-0.3, -0.25) is 11.4 Å². The van der Waals surface area contributed by atoms with Gasteiger partial charge in [-0.1, -0.05) is 0 Å². The van der Waals surface area contributed by atoms with Gasteiger partial charge in [0.25, 0.3) is 5.97 Å². The fourth-order valence-electron chi connectivity index (χ4n) is 0. The Morgan fingerprint density at radius 1 is 1.62 bits per heavy atom. The molecule has 0 aliphatic heterocycles. The van der Waals surface area contributed by atoms with Gasteiger partial charge in [-0.15, -0.1) is 0 Å². The molecule has 55 valence electrons. The number of carbonyl (C=O) groups is 1. The Morgan fingerprint density at radius 3 is 1.62 bits per heavy atom. The van der Waals surface area contributed by atoms with Crippen molar-refractivity contribution in [2.75, 3.05) is 0 Å². The summed E-state index contributed by atoms with van der Waals surface area (Å²) < 4.78 is 0. The Hall–Kier alpha value is -0.0497. The maximum Gasteiger partial charge on any atom is 0.300 e. The molecule has 0 aliphatic rings. The van der Waals surface area contributed by atoms with Crippen LogP contribution in [0.25, 0.3) is 0 Å². The predicted molar refractivity (Wildman–Crippen MR) is 29.7 cm³/mol. The van der Waals surface area contributed by atoms with E-state index in [-0.39, 0.29) is 29.8 Å². The van der Waals surface area contributed by atoms with Crippen molar-refractivity contribution in [3.05, 3.63) is 20.6 Å². The van der Waals surface area contributed by atoms with Gasteiger partial charge < -0.3 is 19.1 Å². The van der Waals surface area contributed by atoms with Gasteiger partial charge in [-0.25, -0.2) is 0 Å². The first-order chi connectivity index (χ1) is 2.73. The van der Waals surface area contributed by atoms with Crippen molar-refractivity contribution in [3.63, 3.8) is 0 Å². The summed E-state index contributed by atoms with van der Waals surface area (Å²) in [6, 6.07) is 0. The Bertz CT molecular complexity index is 41.7.